The third-order valence-electron chi connectivity index (χ3n) is 7.19. The van der Waals surface area contributed by atoms with Crippen LogP contribution in [-0.4, -0.2) is 40.8 Å². The average Bonchev–Trinajstić information content (AvgIpc) is 3.47. The summed E-state index contributed by atoms with van der Waals surface area (Å²) in [4.78, 5) is 29.2. The van der Waals surface area contributed by atoms with Gasteiger partial charge >= 0.3 is 11.9 Å². The number of ether oxygens (including phenoxy) is 2. The number of thiazole rings is 1. The Morgan fingerprint density at radius 1 is 0.930 bits per heavy atom. The molecule has 226 valence electrons. The minimum atomic E-state index is -1.19. The lowest BCUT2D eigenvalue weighted by Crippen LogP contribution is -2.17. The van der Waals surface area contributed by atoms with E-state index in [9.17, 15) is 14.7 Å². The Labute approximate surface area is 256 Å². The predicted molar refractivity (Wildman–Crippen MR) is 170 cm³/mol. The first kappa shape index (κ1) is 31.6. The monoisotopic (exact) mass is 602 g/mol. The van der Waals surface area contributed by atoms with E-state index in [0.717, 1.165) is 27.6 Å². The van der Waals surface area contributed by atoms with Crippen LogP contribution in [0.2, 0.25) is 0 Å². The summed E-state index contributed by atoms with van der Waals surface area (Å²) in [5.41, 5.74) is 4.89. The van der Waals surface area contributed by atoms with Crippen molar-refractivity contribution < 1.29 is 29.3 Å². The highest BCUT2D eigenvalue weighted by molar-refractivity contribution is 7.10. The molecule has 0 amide bonds. The molecule has 43 heavy (non-hydrogen) atoms. The van der Waals surface area contributed by atoms with Crippen molar-refractivity contribution in [3.05, 3.63) is 93.8 Å². The molecule has 0 saturated carbocycles. The third-order valence-corrected chi connectivity index (χ3v) is 8.02. The molecule has 0 atom stereocenters. The average molecular weight is 603 g/mol. The van der Waals surface area contributed by atoms with Crippen molar-refractivity contribution in [2.45, 2.75) is 58.6 Å². The molecule has 2 N–H and O–H groups in total. The first-order valence-corrected chi connectivity index (χ1v) is 15.3. The minimum Gasteiger partial charge on any atom is -0.489 e. The van der Waals surface area contributed by atoms with Gasteiger partial charge in [-0.05, 0) is 60.2 Å². The number of carbonyl (C=O) groups is 2. The molecule has 4 aromatic rings. The highest BCUT2D eigenvalue weighted by Crippen LogP contribution is 2.30. The van der Waals surface area contributed by atoms with Crippen molar-refractivity contribution in [3.8, 4) is 22.8 Å². The van der Waals surface area contributed by atoms with Crippen LogP contribution in [0.1, 0.15) is 71.9 Å². The van der Waals surface area contributed by atoms with E-state index in [1.807, 2.05) is 29.5 Å². The fourth-order valence-electron chi connectivity index (χ4n) is 4.95. The van der Waals surface area contributed by atoms with Crippen LogP contribution in [-0.2, 0) is 17.9 Å². The molecule has 4 rings (SSSR count). The summed E-state index contributed by atoms with van der Waals surface area (Å²) in [5, 5.41) is 21.3. The lowest BCUT2D eigenvalue weighted by Gasteiger charge is -2.19. The summed E-state index contributed by atoms with van der Waals surface area (Å²) in [6, 6.07) is 21.4. The Bertz CT molecular complexity index is 1490. The number of hydrogen-bond donors (Lipinski definition) is 2. The number of rotatable bonds is 16. The largest absolute Gasteiger partial charge is 0.489 e. The standard InChI is InChI=1S/C34H38N2O6S/c1-4-6-24(7-5-2)25-12-15-28(16-13-25)41-20-23-8-10-26(11-9-23)30-22-43-32(35-30)19-36(3)27-14-17-31(42-21-33(37)38)29(18-27)34(39)40/h8-18,22,24H,4-7,19-21H2,1-3H3,(H,37,38)(H,39,40). The van der Waals surface area contributed by atoms with Crippen molar-refractivity contribution in [1.82, 2.24) is 4.98 Å². The zero-order chi connectivity index (χ0) is 30.8. The van der Waals surface area contributed by atoms with Gasteiger partial charge in [0.2, 0.25) is 0 Å². The first-order valence-electron chi connectivity index (χ1n) is 14.5. The zero-order valence-corrected chi connectivity index (χ0v) is 25.6. The molecule has 0 aliphatic heterocycles. The van der Waals surface area contributed by atoms with Crippen molar-refractivity contribution in [2.75, 3.05) is 18.6 Å². The normalized spacial score (nSPS) is 11.0. The number of hydrogen-bond acceptors (Lipinski definition) is 7. The van der Waals surface area contributed by atoms with Crippen LogP contribution in [0, 0.1) is 0 Å². The molecule has 1 heterocycles. The number of aromatic carboxylic acids is 1. The second-order valence-corrected chi connectivity index (χ2v) is 11.4. The number of aromatic nitrogens is 1. The van der Waals surface area contributed by atoms with E-state index in [1.165, 1.54) is 54.7 Å². The van der Waals surface area contributed by atoms with E-state index in [2.05, 4.69) is 50.2 Å². The van der Waals surface area contributed by atoms with Gasteiger partial charge in [-0.3, -0.25) is 0 Å². The maximum atomic E-state index is 11.7. The number of benzene rings is 3. The van der Waals surface area contributed by atoms with E-state index < -0.39 is 18.5 Å². The van der Waals surface area contributed by atoms with Crippen LogP contribution in [0.15, 0.2) is 72.1 Å². The summed E-state index contributed by atoms with van der Waals surface area (Å²) < 4.78 is 11.2. The quantitative estimate of drug-likeness (QED) is 0.133. The molecule has 0 spiro atoms. The molecule has 0 aliphatic carbocycles. The molecule has 8 nitrogen and oxygen atoms in total. The topological polar surface area (TPSA) is 109 Å². The molecule has 9 heteroatoms. The van der Waals surface area contributed by atoms with Gasteiger partial charge in [-0.25, -0.2) is 14.6 Å². The van der Waals surface area contributed by atoms with Crippen LogP contribution in [0.3, 0.4) is 0 Å². The summed E-state index contributed by atoms with van der Waals surface area (Å²) in [5.74, 6) is -0.874. The van der Waals surface area contributed by atoms with E-state index in [4.69, 9.17) is 19.6 Å². The van der Waals surface area contributed by atoms with Gasteiger partial charge in [0, 0.05) is 23.7 Å². The smallest absolute Gasteiger partial charge is 0.341 e. The number of nitrogens with zero attached hydrogens (tertiary/aromatic N) is 2. The van der Waals surface area contributed by atoms with Crippen LogP contribution in [0.5, 0.6) is 11.5 Å². The number of carboxylic acid groups (broad SMARTS) is 2. The SMILES string of the molecule is CCCC(CCC)c1ccc(OCc2ccc(-c3csc(CN(C)c4ccc(OCC(=O)O)c(C(=O)O)c4)n3)cc2)cc1. The van der Waals surface area contributed by atoms with Gasteiger partial charge in [-0.1, -0.05) is 63.1 Å². The second kappa shape index (κ2) is 15.2. The molecule has 0 radical (unpaired) electrons. The van der Waals surface area contributed by atoms with Crippen molar-refractivity contribution in [1.29, 1.82) is 0 Å². The molecule has 0 bridgehead atoms. The van der Waals surface area contributed by atoms with Gasteiger partial charge in [-0.15, -0.1) is 11.3 Å². The first-order chi connectivity index (χ1) is 20.8. The summed E-state index contributed by atoms with van der Waals surface area (Å²) in [7, 11) is 1.84. The molecule has 0 saturated heterocycles. The number of aliphatic carboxylic acids is 1. The molecule has 0 unspecified atom stereocenters. The Morgan fingerprint density at radius 3 is 2.26 bits per heavy atom. The number of carboxylic acids is 2. The van der Waals surface area contributed by atoms with Crippen molar-refractivity contribution in [3.63, 3.8) is 0 Å². The Balaban J connectivity index is 1.34. The van der Waals surface area contributed by atoms with Gasteiger partial charge in [-0.2, -0.15) is 0 Å². The highest BCUT2D eigenvalue weighted by Gasteiger charge is 2.16. The fraction of sp³-hybridized carbons (Fsp3) is 0.324. The Kier molecular flexibility index (Phi) is 11.2. The third kappa shape index (κ3) is 8.81. The minimum absolute atomic E-state index is 0.0123. The van der Waals surface area contributed by atoms with Crippen LogP contribution in [0.4, 0.5) is 5.69 Å². The highest BCUT2D eigenvalue weighted by atomic mass is 32.1. The maximum absolute atomic E-state index is 11.7. The molecule has 1 aromatic heterocycles. The van der Waals surface area contributed by atoms with E-state index in [1.54, 1.807) is 6.07 Å². The zero-order valence-electron chi connectivity index (χ0n) is 24.8. The Morgan fingerprint density at radius 2 is 1.63 bits per heavy atom. The van der Waals surface area contributed by atoms with E-state index >= 15 is 0 Å². The maximum Gasteiger partial charge on any atom is 0.341 e. The lowest BCUT2D eigenvalue weighted by molar-refractivity contribution is -0.139. The van der Waals surface area contributed by atoms with Gasteiger partial charge in [0.25, 0.3) is 0 Å². The van der Waals surface area contributed by atoms with Gasteiger partial charge < -0.3 is 24.6 Å². The summed E-state index contributed by atoms with van der Waals surface area (Å²) in [6.45, 7) is 4.82. The second-order valence-electron chi connectivity index (χ2n) is 10.5. The molecule has 0 fully saturated rings. The molecule has 0 aliphatic rings. The van der Waals surface area contributed by atoms with Crippen LogP contribution < -0.4 is 14.4 Å². The van der Waals surface area contributed by atoms with Gasteiger partial charge in [0.1, 0.15) is 28.7 Å². The molecular weight excluding hydrogens is 564 g/mol. The van der Waals surface area contributed by atoms with E-state index in [0.29, 0.717) is 24.8 Å². The molecular formula is C34H38N2O6S. The van der Waals surface area contributed by atoms with Crippen LogP contribution >= 0.6 is 11.3 Å². The predicted octanol–water partition coefficient (Wildman–Crippen LogP) is 7.87. The summed E-state index contributed by atoms with van der Waals surface area (Å²) in [6.07, 6.45) is 4.81. The summed E-state index contributed by atoms with van der Waals surface area (Å²) >= 11 is 1.53. The lowest BCUT2D eigenvalue weighted by atomic mass is 9.90. The van der Waals surface area contributed by atoms with Crippen LogP contribution in [0.25, 0.3) is 11.3 Å². The fourth-order valence-corrected chi connectivity index (χ4v) is 5.80. The number of anilines is 1. The molecule has 3 aromatic carbocycles. The van der Waals surface area contributed by atoms with E-state index in [-0.39, 0.29) is 11.3 Å². The van der Waals surface area contributed by atoms with Gasteiger partial charge in [0.05, 0.1) is 12.2 Å². The van der Waals surface area contributed by atoms with Gasteiger partial charge in [0.15, 0.2) is 6.61 Å². The van der Waals surface area contributed by atoms with Crippen molar-refractivity contribution >= 4 is 29.0 Å². The Hall–Kier alpha value is -4.37. The van der Waals surface area contributed by atoms with Crippen molar-refractivity contribution in [2.24, 2.45) is 0 Å².